The molecule has 4 rings (SSSR count). The van der Waals surface area contributed by atoms with Gasteiger partial charge in [-0.15, -0.1) is 0 Å². The largest absolute Gasteiger partial charge is 0.319 e. The van der Waals surface area contributed by atoms with E-state index in [4.69, 9.17) is 4.98 Å². The summed E-state index contributed by atoms with van der Waals surface area (Å²) in [5.74, 6) is 0. The Morgan fingerprint density at radius 3 is 1.74 bits per heavy atom. The summed E-state index contributed by atoms with van der Waals surface area (Å²) in [6.07, 6.45) is 11.4. The molecular formula is C31H37N3. The minimum Gasteiger partial charge on any atom is -0.319 e. The second-order valence-electron chi connectivity index (χ2n) is 8.99. The van der Waals surface area contributed by atoms with Crippen molar-refractivity contribution in [2.45, 2.75) is 51.0 Å². The Labute approximate surface area is 204 Å². The molecule has 0 radical (unpaired) electrons. The molecule has 1 heterocycles. The Bertz CT molecular complexity index is 991. The first-order valence-electron chi connectivity index (χ1n) is 12.8. The number of hydrogen-bond donors (Lipinski definition) is 1. The molecule has 0 amide bonds. The number of unbranched alkanes of at least 4 members (excludes halogenated alkanes) is 3. The fourth-order valence-electron chi connectivity index (χ4n) is 4.82. The van der Waals surface area contributed by atoms with Crippen molar-refractivity contribution in [3.05, 3.63) is 126 Å². The van der Waals surface area contributed by atoms with Crippen LogP contribution in [0.4, 0.5) is 0 Å². The number of benzene rings is 3. The van der Waals surface area contributed by atoms with E-state index in [9.17, 15) is 0 Å². The van der Waals surface area contributed by atoms with Crippen molar-refractivity contribution in [2.75, 3.05) is 13.1 Å². The molecule has 3 heteroatoms. The van der Waals surface area contributed by atoms with Crippen LogP contribution in [0, 0.1) is 0 Å². The third-order valence-corrected chi connectivity index (χ3v) is 6.59. The van der Waals surface area contributed by atoms with Crippen molar-refractivity contribution in [1.82, 2.24) is 14.9 Å². The highest BCUT2D eigenvalue weighted by Gasteiger charge is 2.38. The van der Waals surface area contributed by atoms with Gasteiger partial charge in [0.05, 0.1) is 12.0 Å². The molecule has 0 saturated carbocycles. The number of aryl methyl sites for hydroxylation is 1. The van der Waals surface area contributed by atoms with Gasteiger partial charge in [0.2, 0.25) is 0 Å². The van der Waals surface area contributed by atoms with E-state index in [1.165, 1.54) is 48.8 Å². The standard InChI is InChI=1S/C31H37N3/c1-2-3-23-32-24-15-7-14-22-30-25-34(26-33-30)31(27-16-8-4-9-17-27,28-18-10-5-11-19-28)29-20-12-6-13-21-29/h4-6,8-13,16-21,25-26,32H,2-3,7,14-15,22-24H2,1H3. The van der Waals surface area contributed by atoms with E-state index in [0.717, 1.165) is 25.2 Å². The molecule has 0 atom stereocenters. The van der Waals surface area contributed by atoms with Crippen LogP contribution >= 0.6 is 0 Å². The average Bonchev–Trinajstić information content (AvgIpc) is 3.37. The normalized spacial score (nSPS) is 11.6. The molecule has 4 aromatic rings. The summed E-state index contributed by atoms with van der Waals surface area (Å²) in [6, 6.07) is 32.4. The molecule has 0 aliphatic carbocycles. The van der Waals surface area contributed by atoms with E-state index in [0.29, 0.717) is 0 Å². The minimum atomic E-state index is -0.474. The summed E-state index contributed by atoms with van der Waals surface area (Å²) in [7, 11) is 0. The highest BCUT2D eigenvalue weighted by molar-refractivity contribution is 5.50. The highest BCUT2D eigenvalue weighted by atomic mass is 15.1. The first-order chi connectivity index (χ1) is 16.9. The molecular weight excluding hydrogens is 414 g/mol. The molecule has 0 aliphatic heterocycles. The van der Waals surface area contributed by atoms with Crippen LogP contribution < -0.4 is 5.32 Å². The molecule has 3 aromatic carbocycles. The van der Waals surface area contributed by atoms with Crippen molar-refractivity contribution in [3.63, 3.8) is 0 Å². The van der Waals surface area contributed by atoms with E-state index >= 15 is 0 Å². The van der Waals surface area contributed by atoms with E-state index in [1.807, 2.05) is 6.33 Å². The second kappa shape index (κ2) is 12.3. The van der Waals surface area contributed by atoms with Crippen molar-refractivity contribution in [3.8, 4) is 0 Å². The monoisotopic (exact) mass is 451 g/mol. The maximum atomic E-state index is 4.86. The van der Waals surface area contributed by atoms with Crippen LogP contribution in [-0.2, 0) is 12.0 Å². The fourth-order valence-corrected chi connectivity index (χ4v) is 4.82. The predicted octanol–water partition coefficient (Wildman–Crippen LogP) is 6.83. The van der Waals surface area contributed by atoms with Gasteiger partial charge in [-0.2, -0.15) is 0 Å². The van der Waals surface area contributed by atoms with Crippen LogP contribution in [0.15, 0.2) is 104 Å². The van der Waals surface area contributed by atoms with Gasteiger partial charge >= 0.3 is 0 Å². The SMILES string of the molecule is CCCCNCCCCCc1cn(C(c2ccccc2)(c2ccccc2)c2ccccc2)cn1. The van der Waals surface area contributed by atoms with Crippen LogP contribution in [0.5, 0.6) is 0 Å². The molecule has 34 heavy (non-hydrogen) atoms. The van der Waals surface area contributed by atoms with Gasteiger partial charge in [0.15, 0.2) is 0 Å². The van der Waals surface area contributed by atoms with Crippen LogP contribution in [0.3, 0.4) is 0 Å². The highest BCUT2D eigenvalue weighted by Crippen LogP contribution is 2.40. The lowest BCUT2D eigenvalue weighted by atomic mass is 9.77. The van der Waals surface area contributed by atoms with Gasteiger partial charge < -0.3 is 9.88 Å². The zero-order valence-corrected chi connectivity index (χ0v) is 20.4. The molecule has 0 aliphatic rings. The third-order valence-electron chi connectivity index (χ3n) is 6.59. The number of nitrogens with zero attached hydrogens (tertiary/aromatic N) is 2. The summed E-state index contributed by atoms with van der Waals surface area (Å²) in [5.41, 5.74) is 4.38. The van der Waals surface area contributed by atoms with Gasteiger partial charge in [0.1, 0.15) is 5.54 Å². The lowest BCUT2D eigenvalue weighted by Crippen LogP contribution is -2.36. The van der Waals surface area contributed by atoms with Gasteiger partial charge in [-0.3, -0.25) is 0 Å². The molecule has 0 bridgehead atoms. The van der Waals surface area contributed by atoms with E-state index in [2.05, 4.69) is 114 Å². The number of hydrogen-bond acceptors (Lipinski definition) is 2. The Morgan fingerprint density at radius 2 is 1.21 bits per heavy atom. The lowest BCUT2D eigenvalue weighted by Gasteiger charge is -2.37. The van der Waals surface area contributed by atoms with Crippen molar-refractivity contribution in [1.29, 1.82) is 0 Å². The maximum Gasteiger partial charge on any atom is 0.121 e. The first kappa shape index (κ1) is 24.0. The van der Waals surface area contributed by atoms with E-state index in [1.54, 1.807) is 0 Å². The summed E-state index contributed by atoms with van der Waals surface area (Å²) in [5, 5.41) is 3.54. The van der Waals surface area contributed by atoms with Gasteiger partial charge in [-0.1, -0.05) is 111 Å². The summed E-state index contributed by atoms with van der Waals surface area (Å²) < 4.78 is 2.31. The number of aromatic nitrogens is 2. The van der Waals surface area contributed by atoms with Gasteiger partial charge in [0, 0.05) is 6.20 Å². The average molecular weight is 452 g/mol. The van der Waals surface area contributed by atoms with Gasteiger partial charge in [-0.25, -0.2) is 4.98 Å². The van der Waals surface area contributed by atoms with E-state index in [-0.39, 0.29) is 0 Å². The fraction of sp³-hybridized carbons (Fsp3) is 0.323. The topological polar surface area (TPSA) is 29.9 Å². The van der Waals surface area contributed by atoms with Crippen molar-refractivity contribution >= 4 is 0 Å². The Hall–Kier alpha value is -3.17. The zero-order chi connectivity index (χ0) is 23.5. The van der Waals surface area contributed by atoms with Crippen LogP contribution in [0.2, 0.25) is 0 Å². The molecule has 3 nitrogen and oxygen atoms in total. The van der Waals surface area contributed by atoms with Crippen LogP contribution in [0.25, 0.3) is 0 Å². The Kier molecular flexibility index (Phi) is 8.70. The van der Waals surface area contributed by atoms with E-state index < -0.39 is 5.54 Å². The number of rotatable bonds is 13. The zero-order valence-electron chi connectivity index (χ0n) is 20.4. The maximum absolute atomic E-state index is 4.86. The molecule has 1 aromatic heterocycles. The Morgan fingerprint density at radius 1 is 0.676 bits per heavy atom. The van der Waals surface area contributed by atoms with Gasteiger partial charge in [-0.05, 0) is 55.5 Å². The molecule has 0 saturated heterocycles. The van der Waals surface area contributed by atoms with Crippen molar-refractivity contribution in [2.24, 2.45) is 0 Å². The summed E-state index contributed by atoms with van der Waals surface area (Å²) in [6.45, 7) is 4.50. The lowest BCUT2D eigenvalue weighted by molar-refractivity contribution is 0.514. The third kappa shape index (κ3) is 5.48. The van der Waals surface area contributed by atoms with Gasteiger partial charge in [0.25, 0.3) is 0 Å². The minimum absolute atomic E-state index is 0.474. The van der Waals surface area contributed by atoms with Crippen molar-refractivity contribution < 1.29 is 0 Å². The van der Waals surface area contributed by atoms with Crippen LogP contribution in [-0.4, -0.2) is 22.6 Å². The molecule has 0 fully saturated rings. The molecule has 0 unspecified atom stereocenters. The molecule has 1 N–H and O–H groups in total. The second-order valence-corrected chi connectivity index (χ2v) is 8.99. The smallest absolute Gasteiger partial charge is 0.121 e. The number of nitrogens with one attached hydrogen (secondary N) is 1. The predicted molar refractivity (Wildman–Crippen MR) is 142 cm³/mol. The number of imidazole rings is 1. The van der Waals surface area contributed by atoms with Crippen LogP contribution in [0.1, 0.15) is 61.4 Å². The first-order valence-corrected chi connectivity index (χ1v) is 12.8. The summed E-state index contributed by atoms with van der Waals surface area (Å²) >= 11 is 0. The summed E-state index contributed by atoms with van der Waals surface area (Å²) in [4.78, 5) is 4.86. The Balaban J connectivity index is 1.61. The molecule has 176 valence electrons. The molecule has 0 spiro atoms. The quantitative estimate of drug-likeness (QED) is 0.178.